The van der Waals surface area contributed by atoms with E-state index in [1.807, 2.05) is 39.9 Å². The van der Waals surface area contributed by atoms with Crippen molar-refractivity contribution in [2.45, 2.75) is 25.1 Å². The van der Waals surface area contributed by atoms with Gasteiger partial charge in [0.05, 0.1) is 18.9 Å². The zero-order chi connectivity index (χ0) is 14.1. The second-order valence-corrected chi connectivity index (χ2v) is 5.06. The summed E-state index contributed by atoms with van der Waals surface area (Å²) in [7, 11) is 1.37. The maximum absolute atomic E-state index is 11.7. The Balaban J connectivity index is 1.80. The van der Waals surface area contributed by atoms with Crippen molar-refractivity contribution in [3.8, 4) is 0 Å². The van der Waals surface area contributed by atoms with Crippen LogP contribution < -0.4 is 0 Å². The quantitative estimate of drug-likeness (QED) is 0.823. The molecule has 2 unspecified atom stereocenters. The Morgan fingerprint density at radius 2 is 2.40 bits per heavy atom. The standard InChI is InChI=1S/C14H17N3O3/c1-20-14(19)12-6-11(18)9-17(12)8-10-7-16-5-3-2-4-13(16)15-10/h2-5,7,11-12,18H,6,8-9H2,1H3. The minimum atomic E-state index is -0.490. The smallest absolute Gasteiger partial charge is 0.323 e. The topological polar surface area (TPSA) is 67.1 Å². The van der Waals surface area contributed by atoms with Crippen molar-refractivity contribution in [1.29, 1.82) is 0 Å². The van der Waals surface area contributed by atoms with Crippen molar-refractivity contribution in [2.75, 3.05) is 13.7 Å². The summed E-state index contributed by atoms with van der Waals surface area (Å²) in [6, 6.07) is 5.41. The molecule has 3 heterocycles. The Bertz CT molecular complexity index is 592. The van der Waals surface area contributed by atoms with Gasteiger partial charge in [0.25, 0.3) is 0 Å². The van der Waals surface area contributed by atoms with Crippen molar-refractivity contribution >= 4 is 11.6 Å². The first-order valence-electron chi connectivity index (χ1n) is 6.60. The van der Waals surface area contributed by atoms with Gasteiger partial charge in [-0.15, -0.1) is 0 Å². The first-order valence-corrected chi connectivity index (χ1v) is 6.60. The Kier molecular flexibility index (Phi) is 3.42. The van der Waals surface area contributed by atoms with Crippen molar-refractivity contribution < 1.29 is 14.6 Å². The summed E-state index contributed by atoms with van der Waals surface area (Å²) in [5, 5.41) is 9.76. The molecule has 0 radical (unpaired) electrons. The highest BCUT2D eigenvalue weighted by Gasteiger charge is 2.36. The molecule has 1 fully saturated rings. The summed E-state index contributed by atoms with van der Waals surface area (Å²) < 4.78 is 6.73. The molecular formula is C14H17N3O3. The number of aliphatic hydroxyl groups excluding tert-OH is 1. The summed E-state index contributed by atoms with van der Waals surface area (Å²) in [4.78, 5) is 18.2. The number of ether oxygens (including phenoxy) is 1. The molecule has 20 heavy (non-hydrogen) atoms. The molecule has 0 bridgehead atoms. The van der Waals surface area contributed by atoms with Gasteiger partial charge in [0.1, 0.15) is 11.7 Å². The largest absolute Gasteiger partial charge is 0.468 e. The fourth-order valence-electron chi connectivity index (χ4n) is 2.71. The van der Waals surface area contributed by atoms with Crippen LogP contribution in [0, 0.1) is 0 Å². The van der Waals surface area contributed by atoms with E-state index in [2.05, 4.69) is 4.98 Å². The molecule has 2 aromatic rings. The molecule has 1 aliphatic heterocycles. The van der Waals surface area contributed by atoms with Gasteiger partial charge in [-0.3, -0.25) is 9.69 Å². The molecule has 1 saturated heterocycles. The number of likely N-dealkylation sites (tertiary alicyclic amines) is 1. The van der Waals surface area contributed by atoms with Crippen LogP contribution in [0.25, 0.3) is 5.65 Å². The van der Waals surface area contributed by atoms with Gasteiger partial charge in [0.15, 0.2) is 0 Å². The fraction of sp³-hybridized carbons (Fsp3) is 0.429. The van der Waals surface area contributed by atoms with Gasteiger partial charge in [-0.25, -0.2) is 4.98 Å². The van der Waals surface area contributed by atoms with Gasteiger partial charge < -0.3 is 14.2 Å². The number of hydrogen-bond donors (Lipinski definition) is 1. The molecule has 6 heteroatoms. The van der Waals surface area contributed by atoms with Crippen molar-refractivity contribution in [1.82, 2.24) is 14.3 Å². The number of imidazole rings is 1. The van der Waals surface area contributed by atoms with Crippen LogP contribution in [0.5, 0.6) is 0 Å². The predicted octanol–water partition coefficient (Wildman–Crippen LogP) is 0.442. The Hall–Kier alpha value is -1.92. The number of rotatable bonds is 3. The fourth-order valence-corrected chi connectivity index (χ4v) is 2.71. The molecule has 0 saturated carbocycles. The SMILES string of the molecule is COC(=O)C1CC(O)CN1Cc1cn2ccccc2n1. The van der Waals surface area contributed by atoms with E-state index >= 15 is 0 Å². The van der Waals surface area contributed by atoms with Crippen LogP contribution in [0.3, 0.4) is 0 Å². The molecular weight excluding hydrogens is 258 g/mol. The van der Waals surface area contributed by atoms with E-state index in [9.17, 15) is 9.90 Å². The summed E-state index contributed by atoms with van der Waals surface area (Å²) in [5.74, 6) is -0.301. The zero-order valence-corrected chi connectivity index (χ0v) is 11.3. The highest BCUT2D eigenvalue weighted by Crippen LogP contribution is 2.21. The first kappa shape index (κ1) is 13.1. The number of methoxy groups -OCH3 is 1. The number of fused-ring (bicyclic) bond motifs is 1. The maximum Gasteiger partial charge on any atom is 0.323 e. The van der Waals surface area contributed by atoms with Gasteiger partial charge >= 0.3 is 5.97 Å². The Labute approximate surface area is 116 Å². The maximum atomic E-state index is 11.7. The van der Waals surface area contributed by atoms with E-state index in [0.717, 1.165) is 11.3 Å². The summed E-state index contributed by atoms with van der Waals surface area (Å²) >= 11 is 0. The number of aromatic nitrogens is 2. The van der Waals surface area contributed by atoms with Gasteiger partial charge in [0.2, 0.25) is 0 Å². The minimum Gasteiger partial charge on any atom is -0.468 e. The van der Waals surface area contributed by atoms with Crippen molar-refractivity contribution in [3.63, 3.8) is 0 Å². The third-order valence-electron chi connectivity index (χ3n) is 3.63. The summed E-state index contributed by atoms with van der Waals surface area (Å²) in [6.45, 7) is 0.992. The normalized spacial score (nSPS) is 23.3. The molecule has 2 aromatic heterocycles. The number of carbonyl (C=O) groups is 1. The number of carbonyl (C=O) groups excluding carboxylic acids is 1. The molecule has 6 nitrogen and oxygen atoms in total. The average Bonchev–Trinajstić information content (AvgIpc) is 3.01. The molecule has 0 aliphatic carbocycles. The molecule has 1 aliphatic rings. The lowest BCUT2D eigenvalue weighted by Crippen LogP contribution is -2.36. The van der Waals surface area contributed by atoms with E-state index in [1.165, 1.54) is 7.11 Å². The zero-order valence-electron chi connectivity index (χ0n) is 11.3. The van der Waals surface area contributed by atoms with Gasteiger partial charge in [-0.2, -0.15) is 0 Å². The number of esters is 1. The molecule has 3 rings (SSSR count). The highest BCUT2D eigenvalue weighted by molar-refractivity contribution is 5.76. The van der Waals surface area contributed by atoms with E-state index < -0.39 is 6.10 Å². The lowest BCUT2D eigenvalue weighted by Gasteiger charge is -2.20. The highest BCUT2D eigenvalue weighted by atomic mass is 16.5. The third-order valence-corrected chi connectivity index (χ3v) is 3.63. The van der Waals surface area contributed by atoms with Crippen LogP contribution in [-0.4, -0.2) is 51.2 Å². The van der Waals surface area contributed by atoms with E-state index in [-0.39, 0.29) is 12.0 Å². The molecule has 1 N–H and O–H groups in total. The lowest BCUT2D eigenvalue weighted by atomic mass is 10.2. The van der Waals surface area contributed by atoms with E-state index in [0.29, 0.717) is 19.5 Å². The average molecular weight is 275 g/mol. The number of pyridine rings is 1. The molecule has 106 valence electrons. The summed E-state index contributed by atoms with van der Waals surface area (Å²) in [6.07, 6.45) is 3.80. The van der Waals surface area contributed by atoms with Crippen LogP contribution in [0.1, 0.15) is 12.1 Å². The Morgan fingerprint density at radius 1 is 1.55 bits per heavy atom. The van der Waals surface area contributed by atoms with Crippen LogP contribution >= 0.6 is 0 Å². The molecule has 0 spiro atoms. The van der Waals surface area contributed by atoms with Crippen LogP contribution in [0.15, 0.2) is 30.6 Å². The van der Waals surface area contributed by atoms with Crippen LogP contribution in [-0.2, 0) is 16.1 Å². The number of nitrogens with zero attached hydrogens (tertiary/aromatic N) is 3. The second-order valence-electron chi connectivity index (χ2n) is 5.06. The number of hydrogen-bond acceptors (Lipinski definition) is 5. The van der Waals surface area contributed by atoms with Crippen LogP contribution in [0.4, 0.5) is 0 Å². The van der Waals surface area contributed by atoms with Gasteiger partial charge in [-0.05, 0) is 12.1 Å². The van der Waals surface area contributed by atoms with Gasteiger partial charge in [0, 0.05) is 31.9 Å². The van der Waals surface area contributed by atoms with E-state index in [4.69, 9.17) is 4.74 Å². The Morgan fingerprint density at radius 3 is 3.15 bits per heavy atom. The first-order chi connectivity index (χ1) is 9.67. The van der Waals surface area contributed by atoms with Crippen molar-refractivity contribution in [2.24, 2.45) is 0 Å². The summed E-state index contributed by atoms with van der Waals surface area (Å²) in [5.41, 5.74) is 1.75. The molecule has 0 amide bonds. The van der Waals surface area contributed by atoms with Crippen LogP contribution in [0.2, 0.25) is 0 Å². The third kappa shape index (κ3) is 2.39. The van der Waals surface area contributed by atoms with Gasteiger partial charge in [-0.1, -0.05) is 6.07 Å². The number of β-amino-alcohol motifs (C(OH)–C–C–N with tert-alkyl or cyclic N) is 1. The number of aliphatic hydroxyl groups is 1. The van der Waals surface area contributed by atoms with Crippen molar-refractivity contribution in [3.05, 3.63) is 36.3 Å². The molecule has 2 atom stereocenters. The minimum absolute atomic E-state index is 0.301. The monoisotopic (exact) mass is 275 g/mol. The lowest BCUT2D eigenvalue weighted by molar-refractivity contribution is -0.146. The second kappa shape index (κ2) is 5.22. The molecule has 0 aromatic carbocycles. The van der Waals surface area contributed by atoms with E-state index in [1.54, 1.807) is 0 Å². The predicted molar refractivity (Wildman–Crippen MR) is 72.0 cm³/mol.